The Balaban J connectivity index is 1.43. The number of fused-ring (bicyclic) bond motifs is 2. The first-order valence-corrected chi connectivity index (χ1v) is 8.63. The lowest BCUT2D eigenvalue weighted by molar-refractivity contribution is -0.121. The fraction of sp³-hybridized carbons (Fsp3) is 0.0952. The maximum Gasteiger partial charge on any atom is 0.288 e. The SMILES string of the molecule is Cc1[nH]c2ccccc2c1CC(=O)NNC(=O)c1ccc2ccccc2n1. The molecule has 0 saturated carbocycles. The number of nitrogens with zero attached hydrogens (tertiary/aromatic N) is 1. The van der Waals surface area contributed by atoms with E-state index >= 15 is 0 Å². The Hall–Kier alpha value is -3.67. The molecule has 2 aromatic carbocycles. The minimum atomic E-state index is -0.454. The van der Waals surface area contributed by atoms with Crippen molar-refractivity contribution >= 4 is 33.6 Å². The molecule has 2 aromatic heterocycles. The van der Waals surface area contributed by atoms with Crippen molar-refractivity contribution in [2.24, 2.45) is 0 Å². The van der Waals surface area contributed by atoms with Crippen LogP contribution in [0.1, 0.15) is 21.7 Å². The summed E-state index contributed by atoms with van der Waals surface area (Å²) in [5.74, 6) is -0.748. The highest BCUT2D eigenvalue weighted by Crippen LogP contribution is 2.22. The number of carbonyl (C=O) groups excluding carboxylic acids is 2. The highest BCUT2D eigenvalue weighted by Gasteiger charge is 2.14. The minimum absolute atomic E-state index is 0.168. The van der Waals surface area contributed by atoms with Crippen molar-refractivity contribution in [1.82, 2.24) is 20.8 Å². The van der Waals surface area contributed by atoms with Crippen molar-refractivity contribution in [2.75, 3.05) is 0 Å². The van der Waals surface area contributed by atoms with E-state index in [1.165, 1.54) is 0 Å². The normalized spacial score (nSPS) is 10.9. The van der Waals surface area contributed by atoms with Crippen molar-refractivity contribution in [3.63, 3.8) is 0 Å². The van der Waals surface area contributed by atoms with Crippen molar-refractivity contribution in [2.45, 2.75) is 13.3 Å². The van der Waals surface area contributed by atoms with Gasteiger partial charge in [0.1, 0.15) is 5.69 Å². The maximum absolute atomic E-state index is 12.3. The molecule has 2 amide bonds. The van der Waals surface area contributed by atoms with Gasteiger partial charge in [-0.2, -0.15) is 0 Å². The molecule has 4 rings (SSSR count). The molecule has 134 valence electrons. The van der Waals surface area contributed by atoms with E-state index in [0.29, 0.717) is 0 Å². The smallest absolute Gasteiger partial charge is 0.288 e. The van der Waals surface area contributed by atoms with Gasteiger partial charge in [-0.15, -0.1) is 0 Å². The molecule has 27 heavy (non-hydrogen) atoms. The Bertz CT molecular complexity index is 1160. The molecule has 0 bridgehead atoms. The first kappa shape index (κ1) is 16.8. The third-order valence-electron chi connectivity index (χ3n) is 4.51. The number of nitrogens with one attached hydrogen (secondary N) is 3. The second-order valence-corrected chi connectivity index (χ2v) is 6.34. The summed E-state index contributed by atoms with van der Waals surface area (Å²) in [5, 5.41) is 1.96. The predicted octanol–water partition coefficient (Wildman–Crippen LogP) is 3.03. The molecule has 0 aliphatic carbocycles. The monoisotopic (exact) mass is 358 g/mol. The van der Waals surface area contributed by atoms with Gasteiger partial charge in [-0.05, 0) is 30.7 Å². The van der Waals surface area contributed by atoms with E-state index in [9.17, 15) is 9.59 Å². The van der Waals surface area contributed by atoms with Gasteiger partial charge in [0.05, 0.1) is 11.9 Å². The number of amides is 2. The molecular weight excluding hydrogens is 340 g/mol. The Morgan fingerprint density at radius 3 is 2.63 bits per heavy atom. The zero-order chi connectivity index (χ0) is 18.8. The molecule has 0 saturated heterocycles. The standard InChI is InChI=1S/C21H18N4O2/c1-13-16(15-7-3-5-9-18(15)22-13)12-20(26)24-25-21(27)19-11-10-14-6-2-4-8-17(14)23-19/h2-11,22H,12H2,1H3,(H,24,26)(H,25,27). The van der Waals surface area contributed by atoms with Crippen LogP contribution in [0.3, 0.4) is 0 Å². The average Bonchev–Trinajstić information content (AvgIpc) is 3.01. The van der Waals surface area contributed by atoms with Gasteiger partial charge in [0.15, 0.2) is 0 Å². The van der Waals surface area contributed by atoms with Gasteiger partial charge in [0.25, 0.3) is 5.91 Å². The second-order valence-electron chi connectivity index (χ2n) is 6.34. The number of pyridine rings is 1. The zero-order valence-electron chi connectivity index (χ0n) is 14.7. The number of aromatic nitrogens is 2. The largest absolute Gasteiger partial charge is 0.358 e. The van der Waals surface area contributed by atoms with Crippen LogP contribution in [0.15, 0.2) is 60.7 Å². The number of carbonyl (C=O) groups is 2. The molecule has 6 heteroatoms. The fourth-order valence-corrected chi connectivity index (χ4v) is 3.15. The van der Waals surface area contributed by atoms with E-state index in [1.807, 2.05) is 61.5 Å². The van der Waals surface area contributed by atoms with Crippen LogP contribution in [0.2, 0.25) is 0 Å². The summed E-state index contributed by atoms with van der Waals surface area (Å²) in [6.07, 6.45) is 0.168. The summed E-state index contributed by atoms with van der Waals surface area (Å²) >= 11 is 0. The zero-order valence-corrected chi connectivity index (χ0v) is 14.7. The lowest BCUT2D eigenvalue weighted by atomic mass is 10.1. The summed E-state index contributed by atoms with van der Waals surface area (Å²) in [5.41, 5.74) is 8.72. The van der Waals surface area contributed by atoms with Crippen LogP contribution in [0.4, 0.5) is 0 Å². The molecule has 0 aliphatic heterocycles. The van der Waals surface area contributed by atoms with Gasteiger partial charge in [-0.25, -0.2) is 4.98 Å². The van der Waals surface area contributed by atoms with Gasteiger partial charge < -0.3 is 4.98 Å². The van der Waals surface area contributed by atoms with Crippen molar-refractivity contribution < 1.29 is 9.59 Å². The number of hydrogen-bond donors (Lipinski definition) is 3. The summed E-state index contributed by atoms with van der Waals surface area (Å²) in [7, 11) is 0. The lowest BCUT2D eigenvalue weighted by Crippen LogP contribution is -2.42. The molecule has 6 nitrogen and oxygen atoms in total. The van der Waals surface area contributed by atoms with E-state index in [-0.39, 0.29) is 18.0 Å². The van der Waals surface area contributed by atoms with E-state index in [2.05, 4.69) is 20.8 Å². The molecular formula is C21H18N4O2. The predicted molar refractivity (Wildman–Crippen MR) is 104 cm³/mol. The van der Waals surface area contributed by atoms with E-state index < -0.39 is 5.91 Å². The number of hydrazine groups is 1. The number of hydrogen-bond acceptors (Lipinski definition) is 3. The molecule has 0 radical (unpaired) electrons. The summed E-state index contributed by atoms with van der Waals surface area (Å²) < 4.78 is 0. The molecule has 0 unspecified atom stereocenters. The third kappa shape index (κ3) is 3.37. The summed E-state index contributed by atoms with van der Waals surface area (Å²) in [4.78, 5) is 32.2. The first-order chi connectivity index (χ1) is 13.1. The van der Waals surface area contributed by atoms with Crippen molar-refractivity contribution in [3.8, 4) is 0 Å². The van der Waals surface area contributed by atoms with Gasteiger partial charge in [0, 0.05) is 22.0 Å². The highest BCUT2D eigenvalue weighted by atomic mass is 16.2. The lowest BCUT2D eigenvalue weighted by Gasteiger charge is -2.08. The molecule has 0 spiro atoms. The van der Waals surface area contributed by atoms with E-state index in [1.54, 1.807) is 6.07 Å². The van der Waals surface area contributed by atoms with E-state index in [0.717, 1.165) is 33.1 Å². The van der Waals surface area contributed by atoms with Crippen LogP contribution in [0.5, 0.6) is 0 Å². The number of aromatic amines is 1. The Morgan fingerprint density at radius 1 is 0.963 bits per heavy atom. The molecule has 3 N–H and O–H groups in total. The number of H-pyrrole nitrogens is 1. The maximum atomic E-state index is 12.3. The summed E-state index contributed by atoms with van der Waals surface area (Å²) in [6.45, 7) is 1.93. The molecule has 0 aliphatic rings. The number of aryl methyl sites for hydroxylation is 1. The summed E-state index contributed by atoms with van der Waals surface area (Å²) in [6, 6.07) is 18.8. The van der Waals surface area contributed by atoms with Crippen LogP contribution < -0.4 is 10.9 Å². The highest BCUT2D eigenvalue weighted by molar-refractivity contribution is 5.96. The van der Waals surface area contributed by atoms with Crippen LogP contribution >= 0.6 is 0 Å². The van der Waals surface area contributed by atoms with E-state index in [4.69, 9.17) is 0 Å². The average molecular weight is 358 g/mol. The molecule has 4 aromatic rings. The van der Waals surface area contributed by atoms with Gasteiger partial charge in [0.2, 0.25) is 5.91 Å². The van der Waals surface area contributed by atoms with Crippen LogP contribution in [0.25, 0.3) is 21.8 Å². The number of benzene rings is 2. The first-order valence-electron chi connectivity index (χ1n) is 8.63. The quantitative estimate of drug-likeness (QED) is 0.492. The number of rotatable bonds is 3. The molecule has 2 heterocycles. The second kappa shape index (κ2) is 6.92. The Morgan fingerprint density at radius 2 is 1.74 bits per heavy atom. The molecule has 0 atom stereocenters. The van der Waals surface area contributed by atoms with Crippen molar-refractivity contribution in [3.05, 3.63) is 77.6 Å². The Labute approximate surface area is 155 Å². The Kier molecular flexibility index (Phi) is 4.30. The van der Waals surface area contributed by atoms with Crippen LogP contribution in [0, 0.1) is 6.92 Å². The van der Waals surface area contributed by atoms with Crippen molar-refractivity contribution in [1.29, 1.82) is 0 Å². The van der Waals surface area contributed by atoms with Gasteiger partial charge in [-0.1, -0.05) is 42.5 Å². The fourth-order valence-electron chi connectivity index (χ4n) is 3.15. The van der Waals surface area contributed by atoms with Gasteiger partial charge >= 0.3 is 0 Å². The van der Waals surface area contributed by atoms with Crippen LogP contribution in [-0.2, 0) is 11.2 Å². The topological polar surface area (TPSA) is 86.9 Å². The molecule has 0 fully saturated rings. The minimum Gasteiger partial charge on any atom is -0.358 e. The van der Waals surface area contributed by atoms with Gasteiger partial charge in [-0.3, -0.25) is 20.4 Å². The number of para-hydroxylation sites is 2. The third-order valence-corrected chi connectivity index (χ3v) is 4.51. The van der Waals surface area contributed by atoms with Crippen LogP contribution in [-0.4, -0.2) is 21.8 Å².